The van der Waals surface area contributed by atoms with Crippen molar-refractivity contribution in [2.24, 2.45) is 0 Å². The predicted molar refractivity (Wildman–Crippen MR) is 92.2 cm³/mol. The molecule has 1 aliphatic heterocycles. The quantitative estimate of drug-likeness (QED) is 0.867. The second-order valence-corrected chi connectivity index (χ2v) is 7.80. The lowest BCUT2D eigenvalue weighted by molar-refractivity contribution is -0.121. The summed E-state index contributed by atoms with van der Waals surface area (Å²) in [6.07, 6.45) is -0.162. The normalized spacial score (nSPS) is 16.2. The first kappa shape index (κ1) is 18.1. The maximum Gasteiger partial charge on any atom is 0.269 e. The van der Waals surface area contributed by atoms with Gasteiger partial charge >= 0.3 is 0 Å². The second-order valence-electron chi connectivity index (χ2n) is 5.97. The van der Waals surface area contributed by atoms with E-state index in [4.69, 9.17) is 0 Å². The fourth-order valence-corrected chi connectivity index (χ4v) is 4.37. The smallest absolute Gasteiger partial charge is 0.269 e. The molecule has 3 rings (SSSR count). The van der Waals surface area contributed by atoms with Crippen LogP contribution in [0.25, 0.3) is 0 Å². The van der Waals surface area contributed by atoms with E-state index in [0.717, 1.165) is 9.87 Å². The van der Waals surface area contributed by atoms with Crippen LogP contribution < -0.4 is 5.32 Å². The highest BCUT2D eigenvalue weighted by molar-refractivity contribution is 7.90. The van der Waals surface area contributed by atoms with Crippen LogP contribution in [-0.4, -0.2) is 31.1 Å². The number of sulfonamides is 1. The lowest BCUT2D eigenvalue weighted by atomic mass is 10.1. The van der Waals surface area contributed by atoms with Crippen molar-refractivity contribution < 1.29 is 22.4 Å². The molecule has 0 spiro atoms. The van der Waals surface area contributed by atoms with E-state index in [1.807, 2.05) is 0 Å². The zero-order chi connectivity index (χ0) is 18.9. The summed E-state index contributed by atoms with van der Waals surface area (Å²) in [5.74, 6) is -1.40. The van der Waals surface area contributed by atoms with E-state index in [0.29, 0.717) is 0 Å². The van der Waals surface area contributed by atoms with E-state index in [9.17, 15) is 22.4 Å². The summed E-state index contributed by atoms with van der Waals surface area (Å²) in [5.41, 5.74) is 0.838. The molecule has 26 heavy (non-hydrogen) atoms. The van der Waals surface area contributed by atoms with Crippen molar-refractivity contribution in [2.75, 3.05) is 6.54 Å². The number of hydrogen-bond acceptors (Lipinski definition) is 4. The third-order valence-electron chi connectivity index (χ3n) is 4.20. The number of amides is 2. The standard InChI is InChI=1S/C18H17FN2O4S/c1-12(13-6-8-14(19)9-7-13)20-17(22)10-11-21-18(23)15-4-2-3-5-16(15)26(21,24)25/h2-9,12H,10-11H2,1H3,(H,20,22)/t12-/m1/s1. The van der Waals surface area contributed by atoms with Crippen molar-refractivity contribution in [3.8, 4) is 0 Å². The molecule has 1 atom stereocenters. The molecular weight excluding hydrogens is 359 g/mol. The molecule has 0 radical (unpaired) electrons. The third kappa shape index (κ3) is 3.32. The Morgan fingerprint density at radius 1 is 1.15 bits per heavy atom. The molecular formula is C18H17FN2O4S. The number of carbonyl (C=O) groups excluding carboxylic acids is 2. The summed E-state index contributed by atoms with van der Waals surface area (Å²) in [5, 5.41) is 2.71. The minimum absolute atomic E-state index is 0.0370. The fraction of sp³-hybridized carbons (Fsp3) is 0.222. The molecule has 8 heteroatoms. The number of rotatable bonds is 5. The Kier molecular flexibility index (Phi) is 4.78. The number of hydrogen-bond donors (Lipinski definition) is 1. The zero-order valence-corrected chi connectivity index (χ0v) is 14.8. The van der Waals surface area contributed by atoms with Gasteiger partial charge in [-0.05, 0) is 36.8 Å². The Balaban J connectivity index is 1.63. The van der Waals surface area contributed by atoms with Crippen molar-refractivity contribution in [3.63, 3.8) is 0 Å². The number of halogens is 1. The van der Waals surface area contributed by atoms with Crippen molar-refractivity contribution in [2.45, 2.75) is 24.3 Å². The number of nitrogens with one attached hydrogen (secondary N) is 1. The van der Waals surface area contributed by atoms with Gasteiger partial charge in [0.1, 0.15) is 10.7 Å². The molecule has 136 valence electrons. The van der Waals surface area contributed by atoms with Gasteiger partial charge in [-0.15, -0.1) is 0 Å². The number of benzene rings is 2. The Hall–Kier alpha value is -2.74. The first-order chi connectivity index (χ1) is 12.3. The summed E-state index contributed by atoms with van der Waals surface area (Å²) < 4.78 is 38.5. The molecule has 0 aromatic heterocycles. The molecule has 0 unspecified atom stereocenters. The molecule has 2 amide bonds. The molecule has 2 aromatic rings. The van der Waals surface area contributed by atoms with E-state index in [1.54, 1.807) is 31.2 Å². The first-order valence-corrected chi connectivity index (χ1v) is 9.45. The maximum atomic E-state index is 12.9. The van der Waals surface area contributed by atoms with Crippen molar-refractivity contribution >= 4 is 21.8 Å². The Morgan fingerprint density at radius 3 is 2.46 bits per heavy atom. The molecule has 0 saturated heterocycles. The summed E-state index contributed by atoms with van der Waals surface area (Å²) >= 11 is 0. The number of nitrogens with zero attached hydrogens (tertiary/aromatic N) is 1. The average molecular weight is 376 g/mol. The highest BCUT2D eigenvalue weighted by Gasteiger charge is 2.40. The van der Waals surface area contributed by atoms with Crippen molar-refractivity contribution in [3.05, 3.63) is 65.5 Å². The van der Waals surface area contributed by atoms with Gasteiger partial charge in [0.15, 0.2) is 0 Å². The van der Waals surface area contributed by atoms with Gasteiger partial charge in [-0.25, -0.2) is 17.1 Å². The van der Waals surface area contributed by atoms with Crippen LogP contribution in [0.15, 0.2) is 53.4 Å². The highest BCUT2D eigenvalue weighted by atomic mass is 32.2. The molecule has 1 N–H and O–H groups in total. The van der Waals surface area contributed by atoms with Gasteiger partial charge in [0, 0.05) is 13.0 Å². The Labute approximate surface area is 150 Å². The van der Waals surface area contributed by atoms with Crippen LogP contribution in [0.4, 0.5) is 4.39 Å². The maximum absolute atomic E-state index is 12.9. The van der Waals surface area contributed by atoms with Crippen LogP contribution in [-0.2, 0) is 14.8 Å². The van der Waals surface area contributed by atoms with E-state index in [2.05, 4.69) is 5.32 Å². The lowest BCUT2D eigenvalue weighted by Crippen LogP contribution is -2.35. The van der Waals surface area contributed by atoms with Crippen LogP contribution in [0.3, 0.4) is 0 Å². The summed E-state index contributed by atoms with van der Waals surface area (Å²) in [7, 11) is -3.91. The van der Waals surface area contributed by atoms with E-state index >= 15 is 0 Å². The number of fused-ring (bicyclic) bond motifs is 1. The molecule has 1 heterocycles. The topological polar surface area (TPSA) is 83.6 Å². The molecule has 0 saturated carbocycles. The van der Waals surface area contributed by atoms with Crippen molar-refractivity contribution in [1.29, 1.82) is 0 Å². The van der Waals surface area contributed by atoms with Crippen LogP contribution in [0.5, 0.6) is 0 Å². The predicted octanol–water partition coefficient (Wildman–Crippen LogP) is 2.24. The molecule has 0 bridgehead atoms. The van der Waals surface area contributed by atoms with Crippen LogP contribution in [0.1, 0.15) is 35.3 Å². The lowest BCUT2D eigenvalue weighted by Gasteiger charge is -2.17. The van der Waals surface area contributed by atoms with Crippen LogP contribution in [0.2, 0.25) is 0 Å². The molecule has 2 aromatic carbocycles. The Bertz CT molecular complexity index is 957. The third-order valence-corrected chi connectivity index (χ3v) is 6.04. The van der Waals surface area contributed by atoms with Crippen molar-refractivity contribution in [1.82, 2.24) is 9.62 Å². The fourth-order valence-electron chi connectivity index (χ4n) is 2.80. The van der Waals surface area contributed by atoms with E-state index in [1.165, 1.54) is 24.3 Å². The summed E-state index contributed by atoms with van der Waals surface area (Å²) in [4.78, 5) is 24.4. The van der Waals surface area contributed by atoms with Gasteiger partial charge in [0.05, 0.1) is 11.6 Å². The van der Waals surface area contributed by atoms with Gasteiger partial charge < -0.3 is 5.32 Å². The first-order valence-electron chi connectivity index (χ1n) is 8.01. The van der Waals surface area contributed by atoms with Crippen LogP contribution in [0, 0.1) is 5.82 Å². The summed E-state index contributed by atoms with van der Waals surface area (Å²) in [6, 6.07) is 11.3. The van der Waals surface area contributed by atoms with Gasteiger partial charge in [-0.3, -0.25) is 9.59 Å². The van der Waals surface area contributed by atoms with Gasteiger partial charge in [0.2, 0.25) is 5.91 Å². The van der Waals surface area contributed by atoms with E-state index in [-0.39, 0.29) is 35.3 Å². The van der Waals surface area contributed by atoms with Gasteiger partial charge in [0.25, 0.3) is 15.9 Å². The minimum atomic E-state index is -3.91. The largest absolute Gasteiger partial charge is 0.350 e. The molecule has 6 nitrogen and oxygen atoms in total. The van der Waals surface area contributed by atoms with Gasteiger partial charge in [-0.2, -0.15) is 0 Å². The van der Waals surface area contributed by atoms with E-state index < -0.39 is 21.8 Å². The monoisotopic (exact) mass is 376 g/mol. The Morgan fingerprint density at radius 2 is 1.81 bits per heavy atom. The zero-order valence-electron chi connectivity index (χ0n) is 14.0. The minimum Gasteiger partial charge on any atom is -0.350 e. The molecule has 0 fully saturated rings. The summed E-state index contributed by atoms with van der Waals surface area (Å²) in [6.45, 7) is 1.50. The van der Waals surface area contributed by atoms with Gasteiger partial charge in [-0.1, -0.05) is 24.3 Å². The number of carbonyl (C=O) groups is 2. The molecule has 0 aliphatic carbocycles. The highest BCUT2D eigenvalue weighted by Crippen LogP contribution is 2.29. The SMILES string of the molecule is C[C@@H](NC(=O)CCN1C(=O)c2ccccc2S1(=O)=O)c1ccc(F)cc1. The van der Waals surface area contributed by atoms with Crippen LogP contribution >= 0.6 is 0 Å². The average Bonchev–Trinajstić information content (AvgIpc) is 2.80. The molecule has 1 aliphatic rings. The second kappa shape index (κ2) is 6.87.